The largest absolute Gasteiger partial charge is 0.466 e. The van der Waals surface area contributed by atoms with Gasteiger partial charge in [-0.25, -0.2) is 0 Å². The van der Waals surface area contributed by atoms with Crippen LogP contribution in [-0.4, -0.2) is 18.4 Å². The molecule has 2 aliphatic carbocycles. The van der Waals surface area contributed by atoms with Crippen molar-refractivity contribution in [3.05, 3.63) is 0 Å². The zero-order valence-corrected chi connectivity index (χ0v) is 11.5. The predicted octanol–water partition coefficient (Wildman–Crippen LogP) is 3.12. The molecule has 2 rings (SSSR count). The molecular weight excluding hydrogens is 228 g/mol. The maximum Gasteiger partial charge on any atom is 0.308 e. The summed E-state index contributed by atoms with van der Waals surface area (Å²) in [6, 6.07) is 0. The van der Waals surface area contributed by atoms with Crippen LogP contribution in [0.25, 0.3) is 0 Å². The minimum absolute atomic E-state index is 0.0442. The second-order valence-electron chi connectivity index (χ2n) is 6.09. The van der Waals surface area contributed by atoms with Crippen molar-refractivity contribution in [3.63, 3.8) is 0 Å². The molecule has 3 heteroatoms. The summed E-state index contributed by atoms with van der Waals surface area (Å²) in [6.45, 7) is 4.55. The fraction of sp³-hybridized carbons (Fsp3) is 0.867. The molecule has 0 amide bonds. The number of esters is 1. The predicted molar refractivity (Wildman–Crippen MR) is 69.0 cm³/mol. The Morgan fingerprint density at radius 1 is 1.33 bits per heavy atom. The molecule has 2 saturated carbocycles. The van der Waals surface area contributed by atoms with Crippen molar-refractivity contribution in [1.29, 1.82) is 0 Å². The monoisotopic (exact) mass is 252 g/mol. The second kappa shape index (κ2) is 5.41. The number of rotatable bonds is 3. The van der Waals surface area contributed by atoms with Crippen molar-refractivity contribution in [2.45, 2.75) is 58.8 Å². The summed E-state index contributed by atoms with van der Waals surface area (Å²) in [7, 11) is 0. The van der Waals surface area contributed by atoms with Crippen LogP contribution >= 0.6 is 0 Å². The maximum absolute atomic E-state index is 11.9. The zero-order chi connectivity index (χ0) is 13.2. The summed E-state index contributed by atoms with van der Waals surface area (Å²) < 4.78 is 5.09. The Bertz CT molecular complexity index is 327. The average molecular weight is 252 g/mol. The van der Waals surface area contributed by atoms with Crippen LogP contribution in [0, 0.1) is 17.3 Å². The number of ketones is 1. The van der Waals surface area contributed by atoms with Crippen LogP contribution in [0.2, 0.25) is 0 Å². The smallest absolute Gasteiger partial charge is 0.308 e. The molecule has 1 unspecified atom stereocenters. The molecule has 2 fully saturated rings. The van der Waals surface area contributed by atoms with Crippen LogP contribution in [0.1, 0.15) is 58.8 Å². The maximum atomic E-state index is 11.9. The van der Waals surface area contributed by atoms with Crippen molar-refractivity contribution in [2.75, 3.05) is 6.61 Å². The Hall–Kier alpha value is -0.860. The minimum atomic E-state index is -0.0442. The van der Waals surface area contributed by atoms with Crippen molar-refractivity contribution in [1.82, 2.24) is 0 Å². The highest BCUT2D eigenvalue weighted by molar-refractivity contribution is 5.83. The quantitative estimate of drug-likeness (QED) is 0.725. The molecular formula is C15H24O3. The van der Waals surface area contributed by atoms with E-state index in [9.17, 15) is 9.59 Å². The van der Waals surface area contributed by atoms with Gasteiger partial charge in [0.2, 0.25) is 0 Å². The zero-order valence-electron chi connectivity index (χ0n) is 11.5. The molecule has 0 aromatic rings. The van der Waals surface area contributed by atoms with Crippen LogP contribution in [0.3, 0.4) is 0 Å². The first-order valence-electron chi connectivity index (χ1n) is 7.26. The summed E-state index contributed by atoms with van der Waals surface area (Å²) in [6.07, 6.45) is 6.64. The minimum Gasteiger partial charge on any atom is -0.466 e. The van der Waals surface area contributed by atoms with E-state index >= 15 is 0 Å². The molecule has 0 spiro atoms. The molecule has 0 radical (unpaired) electrons. The van der Waals surface area contributed by atoms with E-state index in [1.807, 2.05) is 6.92 Å². The van der Waals surface area contributed by atoms with Crippen molar-refractivity contribution in [3.8, 4) is 0 Å². The molecule has 1 atom stereocenters. The van der Waals surface area contributed by atoms with Gasteiger partial charge in [0, 0.05) is 12.3 Å². The Labute approximate surface area is 109 Å². The van der Waals surface area contributed by atoms with E-state index in [1.54, 1.807) is 0 Å². The van der Waals surface area contributed by atoms with Gasteiger partial charge in [0.15, 0.2) is 0 Å². The van der Waals surface area contributed by atoms with E-state index in [0.29, 0.717) is 12.4 Å². The third-order valence-electron chi connectivity index (χ3n) is 4.89. The molecule has 18 heavy (non-hydrogen) atoms. The SMILES string of the molecule is CCOC(=O)C1CCC(C)(C2CCCC2=O)CC1. The lowest BCUT2D eigenvalue weighted by molar-refractivity contribution is -0.150. The van der Waals surface area contributed by atoms with Crippen molar-refractivity contribution < 1.29 is 14.3 Å². The first-order valence-corrected chi connectivity index (χ1v) is 7.26. The number of Topliss-reactive ketones (excluding diaryl/α,β-unsaturated/α-hetero) is 1. The molecule has 0 bridgehead atoms. The Morgan fingerprint density at radius 3 is 2.50 bits per heavy atom. The number of hydrogen-bond acceptors (Lipinski definition) is 3. The Balaban J connectivity index is 1.92. The van der Waals surface area contributed by atoms with Gasteiger partial charge in [0.25, 0.3) is 0 Å². The average Bonchev–Trinajstić information content (AvgIpc) is 2.77. The van der Waals surface area contributed by atoms with Gasteiger partial charge in [-0.3, -0.25) is 9.59 Å². The number of hydrogen-bond donors (Lipinski definition) is 0. The lowest BCUT2D eigenvalue weighted by Crippen LogP contribution is -2.36. The molecule has 0 saturated heterocycles. The standard InChI is InChI=1S/C15H24O3/c1-3-18-14(17)11-7-9-15(2,10-8-11)12-5-4-6-13(12)16/h11-12H,3-10H2,1-2H3. The lowest BCUT2D eigenvalue weighted by Gasteiger charge is -2.40. The van der Waals surface area contributed by atoms with Crippen LogP contribution < -0.4 is 0 Å². The second-order valence-corrected chi connectivity index (χ2v) is 6.09. The van der Waals surface area contributed by atoms with Gasteiger partial charge < -0.3 is 4.74 Å². The van der Waals surface area contributed by atoms with Crippen molar-refractivity contribution >= 4 is 11.8 Å². The summed E-state index contributed by atoms with van der Waals surface area (Å²) in [5.74, 6) is 0.722. The van der Waals surface area contributed by atoms with Gasteiger partial charge in [-0.2, -0.15) is 0 Å². The fourth-order valence-electron chi connectivity index (χ4n) is 3.67. The molecule has 0 aromatic carbocycles. The summed E-state index contributed by atoms with van der Waals surface area (Å²) in [4.78, 5) is 23.6. The van der Waals surface area contributed by atoms with Crippen molar-refractivity contribution in [2.24, 2.45) is 17.3 Å². The molecule has 0 heterocycles. The van der Waals surface area contributed by atoms with Crippen LogP contribution in [0.15, 0.2) is 0 Å². The highest BCUT2D eigenvalue weighted by Gasteiger charge is 2.44. The van der Waals surface area contributed by atoms with E-state index in [1.165, 1.54) is 0 Å². The molecule has 0 aromatic heterocycles. The van der Waals surface area contributed by atoms with Crippen LogP contribution in [0.4, 0.5) is 0 Å². The normalized spacial score (nSPS) is 36.7. The molecule has 0 aliphatic heterocycles. The Kier molecular flexibility index (Phi) is 4.08. The van der Waals surface area contributed by atoms with Gasteiger partial charge in [-0.1, -0.05) is 6.92 Å². The van der Waals surface area contributed by atoms with Gasteiger partial charge in [0.05, 0.1) is 12.5 Å². The number of ether oxygens (including phenoxy) is 1. The highest BCUT2D eigenvalue weighted by atomic mass is 16.5. The van der Waals surface area contributed by atoms with E-state index < -0.39 is 0 Å². The van der Waals surface area contributed by atoms with E-state index in [-0.39, 0.29) is 23.2 Å². The topological polar surface area (TPSA) is 43.4 Å². The van der Waals surface area contributed by atoms with Gasteiger partial charge in [0.1, 0.15) is 5.78 Å². The summed E-state index contributed by atoms with van der Waals surface area (Å²) in [5, 5.41) is 0. The fourth-order valence-corrected chi connectivity index (χ4v) is 3.67. The summed E-state index contributed by atoms with van der Waals surface area (Å²) >= 11 is 0. The van der Waals surface area contributed by atoms with Gasteiger partial charge >= 0.3 is 5.97 Å². The first-order chi connectivity index (χ1) is 8.57. The number of carbonyl (C=O) groups excluding carboxylic acids is 2. The van der Waals surface area contributed by atoms with E-state index in [4.69, 9.17) is 4.74 Å². The van der Waals surface area contributed by atoms with Gasteiger partial charge in [-0.05, 0) is 50.9 Å². The Morgan fingerprint density at radius 2 is 2.00 bits per heavy atom. The van der Waals surface area contributed by atoms with Crippen LogP contribution in [0.5, 0.6) is 0 Å². The van der Waals surface area contributed by atoms with Crippen LogP contribution in [-0.2, 0) is 14.3 Å². The highest BCUT2D eigenvalue weighted by Crippen LogP contribution is 2.48. The third-order valence-corrected chi connectivity index (χ3v) is 4.89. The molecule has 0 N–H and O–H groups in total. The summed E-state index contributed by atoms with van der Waals surface area (Å²) in [5.41, 5.74) is 0.135. The van der Waals surface area contributed by atoms with E-state index in [0.717, 1.165) is 44.9 Å². The molecule has 3 nitrogen and oxygen atoms in total. The first kappa shape index (κ1) is 13.6. The van der Waals surface area contributed by atoms with E-state index in [2.05, 4.69) is 6.92 Å². The molecule has 2 aliphatic rings. The van der Waals surface area contributed by atoms with Gasteiger partial charge in [-0.15, -0.1) is 0 Å². The third kappa shape index (κ3) is 2.60. The number of carbonyl (C=O) groups is 2. The molecule has 102 valence electrons. The lowest BCUT2D eigenvalue weighted by atomic mass is 9.64.